The van der Waals surface area contributed by atoms with E-state index in [-0.39, 0.29) is 5.48 Å². The lowest BCUT2D eigenvalue weighted by atomic mass is 10.2. The van der Waals surface area contributed by atoms with Crippen molar-refractivity contribution in [2.75, 3.05) is 6.61 Å². The maximum atomic E-state index is 9.96. The molecule has 0 aliphatic heterocycles. The monoisotopic (exact) mass is 219 g/mol. The summed E-state index contributed by atoms with van der Waals surface area (Å²) in [7, 11) is 0. The first-order chi connectivity index (χ1) is 7.40. The molecule has 1 aromatic heterocycles. The van der Waals surface area contributed by atoms with E-state index in [1.54, 1.807) is 0 Å². The molecule has 16 heavy (non-hydrogen) atoms. The fourth-order valence-corrected chi connectivity index (χ4v) is 1.46. The second kappa shape index (κ2) is 5.82. The van der Waals surface area contributed by atoms with Crippen LogP contribution < -0.4 is 0 Å². The Morgan fingerprint density at radius 2 is 2.00 bits per heavy atom. The van der Waals surface area contributed by atoms with Gasteiger partial charge in [-0.3, -0.25) is 9.78 Å². The molecule has 0 spiro atoms. The van der Waals surface area contributed by atoms with Crippen molar-refractivity contribution in [3.05, 3.63) is 42.1 Å². The Kier molecular flexibility index (Phi) is 4.42. The molecule has 0 radical (unpaired) electrons. The summed E-state index contributed by atoms with van der Waals surface area (Å²) in [6.45, 7) is 0.843. The molecule has 2 N–H and O–H groups in total. The number of rotatable bonds is 4. The van der Waals surface area contributed by atoms with Crippen LogP contribution in [0.2, 0.25) is 0 Å². The van der Waals surface area contributed by atoms with E-state index in [1.807, 2.05) is 36.4 Å². The quantitative estimate of drug-likeness (QED) is 0.571. The molecular weight excluding hydrogens is 206 g/mol. The first-order valence-electron chi connectivity index (χ1n) is 4.80. The van der Waals surface area contributed by atoms with Crippen LogP contribution in [-0.2, 0) is 16.0 Å². The third kappa shape index (κ3) is 2.77. The van der Waals surface area contributed by atoms with Crippen LogP contribution in [0.25, 0.3) is 10.9 Å². The van der Waals surface area contributed by atoms with Crippen LogP contribution in [0.1, 0.15) is 5.69 Å². The maximum Gasteiger partial charge on any atom is 0.293 e. The van der Waals surface area contributed by atoms with E-state index >= 15 is 0 Å². The minimum absolute atomic E-state index is 0. The normalized spacial score (nSPS) is 9.50. The van der Waals surface area contributed by atoms with Crippen molar-refractivity contribution in [2.45, 2.75) is 6.42 Å². The number of benzene rings is 1. The Morgan fingerprint density at radius 1 is 1.19 bits per heavy atom. The molecule has 0 unspecified atom stereocenters. The van der Waals surface area contributed by atoms with Crippen LogP contribution in [-0.4, -0.2) is 23.5 Å². The molecule has 0 saturated heterocycles. The summed E-state index contributed by atoms with van der Waals surface area (Å²) in [6, 6.07) is 11.9. The van der Waals surface area contributed by atoms with Gasteiger partial charge in [0.05, 0.1) is 12.1 Å². The number of carbonyl (C=O) groups is 1. The summed E-state index contributed by atoms with van der Waals surface area (Å²) < 4.78 is 4.63. The van der Waals surface area contributed by atoms with Gasteiger partial charge in [-0.1, -0.05) is 24.3 Å². The second-order valence-electron chi connectivity index (χ2n) is 3.21. The van der Waals surface area contributed by atoms with E-state index in [2.05, 4.69) is 9.72 Å². The average molecular weight is 219 g/mol. The second-order valence-corrected chi connectivity index (χ2v) is 3.21. The number of aromatic nitrogens is 1. The summed E-state index contributed by atoms with van der Waals surface area (Å²) in [4.78, 5) is 14.4. The SMILES string of the molecule is O.O=COCCc1ccc2ccccc2n1. The Hall–Kier alpha value is -1.94. The number of hydrogen-bond donors (Lipinski definition) is 0. The van der Waals surface area contributed by atoms with E-state index in [4.69, 9.17) is 0 Å². The van der Waals surface area contributed by atoms with Gasteiger partial charge in [0.25, 0.3) is 6.47 Å². The highest BCUT2D eigenvalue weighted by molar-refractivity contribution is 5.78. The number of pyridine rings is 1. The molecule has 0 amide bonds. The maximum absolute atomic E-state index is 9.96. The number of nitrogens with zero attached hydrogens (tertiary/aromatic N) is 1. The molecule has 0 aliphatic carbocycles. The predicted octanol–water partition coefficient (Wildman–Crippen LogP) is 1.13. The molecule has 0 saturated carbocycles. The van der Waals surface area contributed by atoms with Gasteiger partial charge in [0, 0.05) is 17.5 Å². The van der Waals surface area contributed by atoms with Crippen molar-refractivity contribution in [1.29, 1.82) is 0 Å². The van der Waals surface area contributed by atoms with Crippen LogP contribution in [0.4, 0.5) is 0 Å². The molecule has 0 fully saturated rings. The van der Waals surface area contributed by atoms with Crippen LogP contribution in [0.15, 0.2) is 36.4 Å². The highest BCUT2D eigenvalue weighted by Crippen LogP contribution is 2.11. The zero-order valence-corrected chi connectivity index (χ0v) is 8.72. The largest absolute Gasteiger partial charge is 0.467 e. The average Bonchev–Trinajstić information content (AvgIpc) is 2.29. The zero-order chi connectivity index (χ0) is 10.5. The Balaban J connectivity index is 0.00000128. The number of carbonyl (C=O) groups excluding carboxylic acids is 1. The van der Waals surface area contributed by atoms with Crippen molar-refractivity contribution in [2.24, 2.45) is 0 Å². The predicted molar refractivity (Wildman–Crippen MR) is 61.1 cm³/mol. The number of ether oxygens (including phenoxy) is 1. The van der Waals surface area contributed by atoms with Gasteiger partial charge in [-0.05, 0) is 12.1 Å². The molecular formula is C12H13NO3. The topological polar surface area (TPSA) is 70.7 Å². The van der Waals surface area contributed by atoms with Crippen molar-refractivity contribution in [3.8, 4) is 0 Å². The molecule has 2 aromatic rings. The molecule has 2 rings (SSSR count). The van der Waals surface area contributed by atoms with Crippen LogP contribution in [0.3, 0.4) is 0 Å². The zero-order valence-electron chi connectivity index (χ0n) is 8.72. The molecule has 0 bridgehead atoms. The smallest absolute Gasteiger partial charge is 0.293 e. The summed E-state index contributed by atoms with van der Waals surface area (Å²) in [5, 5.41) is 1.12. The van der Waals surface area contributed by atoms with E-state index in [1.165, 1.54) is 0 Å². The number of hydrogen-bond acceptors (Lipinski definition) is 3. The minimum Gasteiger partial charge on any atom is -0.467 e. The number of fused-ring (bicyclic) bond motifs is 1. The lowest BCUT2D eigenvalue weighted by Crippen LogP contribution is -1.98. The molecule has 84 valence electrons. The summed E-state index contributed by atoms with van der Waals surface area (Å²) in [6.07, 6.45) is 0.656. The first-order valence-corrected chi connectivity index (χ1v) is 4.80. The fraction of sp³-hybridized carbons (Fsp3) is 0.167. The Bertz CT molecular complexity index is 471. The van der Waals surface area contributed by atoms with Gasteiger partial charge in [0.15, 0.2) is 0 Å². The van der Waals surface area contributed by atoms with Crippen LogP contribution in [0, 0.1) is 0 Å². The third-order valence-electron chi connectivity index (χ3n) is 2.20. The lowest BCUT2D eigenvalue weighted by molar-refractivity contribution is -0.128. The summed E-state index contributed by atoms with van der Waals surface area (Å²) in [5.41, 5.74) is 1.91. The van der Waals surface area contributed by atoms with Crippen LogP contribution >= 0.6 is 0 Å². The van der Waals surface area contributed by atoms with Crippen molar-refractivity contribution >= 4 is 17.4 Å². The Morgan fingerprint density at radius 3 is 2.81 bits per heavy atom. The molecule has 0 aliphatic rings. The van der Waals surface area contributed by atoms with Gasteiger partial charge in [0.1, 0.15) is 0 Å². The fourth-order valence-electron chi connectivity index (χ4n) is 1.46. The van der Waals surface area contributed by atoms with Gasteiger partial charge >= 0.3 is 0 Å². The van der Waals surface area contributed by atoms with E-state index in [9.17, 15) is 4.79 Å². The highest BCUT2D eigenvalue weighted by Gasteiger charge is 1.97. The molecule has 4 heteroatoms. The Labute approximate surface area is 93.2 Å². The standard InChI is InChI=1S/C12H11NO2.H2O/c14-9-15-8-7-11-6-5-10-3-1-2-4-12(10)13-11;/h1-6,9H,7-8H2;1H2. The number of para-hydroxylation sites is 1. The van der Waals surface area contributed by atoms with Gasteiger partial charge in [-0.15, -0.1) is 0 Å². The van der Waals surface area contributed by atoms with Gasteiger partial charge in [-0.25, -0.2) is 0 Å². The van der Waals surface area contributed by atoms with Crippen molar-refractivity contribution < 1.29 is 15.0 Å². The van der Waals surface area contributed by atoms with E-state index in [0.717, 1.165) is 16.6 Å². The molecule has 1 heterocycles. The molecule has 4 nitrogen and oxygen atoms in total. The van der Waals surface area contributed by atoms with Gasteiger partial charge < -0.3 is 10.2 Å². The third-order valence-corrected chi connectivity index (χ3v) is 2.20. The van der Waals surface area contributed by atoms with Crippen LogP contribution in [0.5, 0.6) is 0 Å². The minimum atomic E-state index is 0. The van der Waals surface area contributed by atoms with E-state index < -0.39 is 0 Å². The first kappa shape index (κ1) is 12.1. The summed E-state index contributed by atoms with van der Waals surface area (Å²) >= 11 is 0. The molecule has 1 aromatic carbocycles. The van der Waals surface area contributed by atoms with Gasteiger partial charge in [-0.2, -0.15) is 0 Å². The van der Waals surface area contributed by atoms with E-state index in [0.29, 0.717) is 19.5 Å². The lowest BCUT2D eigenvalue weighted by Gasteiger charge is -2.01. The van der Waals surface area contributed by atoms with Crippen molar-refractivity contribution in [1.82, 2.24) is 4.98 Å². The molecule has 0 atom stereocenters. The van der Waals surface area contributed by atoms with Gasteiger partial charge in [0.2, 0.25) is 0 Å². The highest BCUT2D eigenvalue weighted by atomic mass is 16.5. The summed E-state index contributed by atoms with van der Waals surface area (Å²) in [5.74, 6) is 0. The van der Waals surface area contributed by atoms with Crippen molar-refractivity contribution in [3.63, 3.8) is 0 Å².